The molecule has 2 N–H and O–H groups in total. The third-order valence-electron chi connectivity index (χ3n) is 5.98. The number of hydrogen-bond acceptors (Lipinski definition) is 6. The van der Waals surface area contributed by atoms with Crippen LogP contribution in [0, 0.1) is 0 Å². The van der Waals surface area contributed by atoms with Gasteiger partial charge in [-0.25, -0.2) is 0 Å². The zero-order valence-corrected chi connectivity index (χ0v) is 20.9. The van der Waals surface area contributed by atoms with E-state index in [1.165, 1.54) is 13.5 Å². The average molecular weight is 485 g/mol. The molecule has 1 saturated carbocycles. The second-order valence-corrected chi connectivity index (χ2v) is 8.52. The number of hydrogen-bond donors (Lipinski definition) is 1. The number of primary amides is 1. The van der Waals surface area contributed by atoms with Crippen LogP contribution in [0.2, 0.25) is 0 Å². The molecule has 0 saturated heterocycles. The summed E-state index contributed by atoms with van der Waals surface area (Å²) < 4.78 is 22.3. The molecule has 0 aromatic heterocycles. The van der Waals surface area contributed by atoms with E-state index in [2.05, 4.69) is 0 Å². The van der Waals surface area contributed by atoms with Gasteiger partial charge in [-0.2, -0.15) is 0 Å². The van der Waals surface area contributed by atoms with Crippen molar-refractivity contribution in [2.45, 2.75) is 58.5 Å². The fourth-order valence-corrected chi connectivity index (χ4v) is 4.40. The minimum absolute atomic E-state index is 0.0626. The molecule has 0 unspecified atom stereocenters. The number of nitrogens with two attached hydrogens (primary N) is 1. The van der Waals surface area contributed by atoms with Crippen molar-refractivity contribution in [3.05, 3.63) is 47.5 Å². The van der Waals surface area contributed by atoms with Crippen LogP contribution in [0.25, 0.3) is 0 Å². The summed E-state index contributed by atoms with van der Waals surface area (Å²) in [4.78, 5) is 26.9. The standard InChI is InChI=1S/C27H36N2O6/c1-4-33-22-14-20(15-23(16-22)34-5-2)27(31)29(21-9-7-6-8-10-21)17-19-11-12-24(25(13-19)32-3)35-18-26(28)30/h11-16,21H,4-10,17-18H2,1-3H3,(H2,28,30). The van der Waals surface area contributed by atoms with Gasteiger partial charge in [-0.15, -0.1) is 0 Å². The molecule has 0 heterocycles. The minimum Gasteiger partial charge on any atom is -0.494 e. The van der Waals surface area contributed by atoms with Crippen LogP contribution < -0.4 is 24.7 Å². The van der Waals surface area contributed by atoms with Crippen molar-refractivity contribution < 1.29 is 28.5 Å². The first-order valence-corrected chi connectivity index (χ1v) is 12.2. The largest absolute Gasteiger partial charge is 0.494 e. The van der Waals surface area contributed by atoms with Crippen LogP contribution in [0.3, 0.4) is 0 Å². The summed E-state index contributed by atoms with van der Waals surface area (Å²) in [6.07, 6.45) is 5.31. The third kappa shape index (κ3) is 7.28. The van der Waals surface area contributed by atoms with E-state index < -0.39 is 5.91 Å². The van der Waals surface area contributed by atoms with E-state index in [-0.39, 0.29) is 18.6 Å². The maximum atomic E-state index is 13.9. The van der Waals surface area contributed by atoms with Crippen LogP contribution in [0.15, 0.2) is 36.4 Å². The van der Waals surface area contributed by atoms with E-state index in [0.29, 0.717) is 48.3 Å². The summed E-state index contributed by atoms with van der Waals surface area (Å²) in [7, 11) is 1.54. The van der Waals surface area contributed by atoms with Crippen LogP contribution in [-0.2, 0) is 11.3 Å². The second-order valence-electron chi connectivity index (χ2n) is 8.52. The maximum Gasteiger partial charge on any atom is 0.255 e. The Balaban J connectivity index is 1.91. The summed E-state index contributed by atoms with van der Waals surface area (Å²) in [5.41, 5.74) is 6.63. The van der Waals surface area contributed by atoms with Crippen LogP contribution in [0.1, 0.15) is 61.9 Å². The van der Waals surface area contributed by atoms with Gasteiger partial charge < -0.3 is 29.6 Å². The summed E-state index contributed by atoms with van der Waals surface area (Å²) in [5.74, 6) is 1.51. The lowest BCUT2D eigenvalue weighted by molar-refractivity contribution is -0.119. The Hall–Kier alpha value is -3.42. The van der Waals surface area contributed by atoms with Gasteiger partial charge in [-0.05, 0) is 56.5 Å². The quantitative estimate of drug-likeness (QED) is 0.481. The van der Waals surface area contributed by atoms with Crippen LogP contribution >= 0.6 is 0 Å². The molecule has 190 valence electrons. The highest BCUT2D eigenvalue weighted by Gasteiger charge is 2.27. The predicted octanol–water partition coefficient (Wildman–Crippen LogP) is 4.33. The van der Waals surface area contributed by atoms with Gasteiger partial charge in [0.1, 0.15) is 11.5 Å². The van der Waals surface area contributed by atoms with Crippen molar-refractivity contribution >= 4 is 11.8 Å². The van der Waals surface area contributed by atoms with Gasteiger partial charge in [-0.1, -0.05) is 25.3 Å². The molecule has 1 fully saturated rings. The van der Waals surface area contributed by atoms with E-state index >= 15 is 0 Å². The third-order valence-corrected chi connectivity index (χ3v) is 5.98. The van der Waals surface area contributed by atoms with E-state index in [1.54, 1.807) is 18.2 Å². The Bertz CT molecular complexity index is 979. The molecule has 0 atom stereocenters. The van der Waals surface area contributed by atoms with Gasteiger partial charge in [0.2, 0.25) is 0 Å². The lowest BCUT2D eigenvalue weighted by Crippen LogP contribution is -2.41. The molecule has 8 heteroatoms. The summed E-state index contributed by atoms with van der Waals surface area (Å²) in [6.45, 7) is 5.00. The Morgan fingerprint density at radius 1 is 0.914 bits per heavy atom. The predicted molar refractivity (Wildman–Crippen MR) is 133 cm³/mol. The van der Waals surface area contributed by atoms with E-state index in [4.69, 9.17) is 24.7 Å². The number of benzene rings is 2. The highest BCUT2D eigenvalue weighted by molar-refractivity contribution is 5.95. The average Bonchev–Trinajstić information content (AvgIpc) is 2.86. The Kier molecular flexibility index (Phi) is 9.64. The molecule has 8 nitrogen and oxygen atoms in total. The molecule has 1 aliphatic rings. The van der Waals surface area contributed by atoms with Crippen LogP contribution in [0.4, 0.5) is 0 Å². The molecule has 0 bridgehead atoms. The van der Waals surface area contributed by atoms with Gasteiger partial charge in [0.25, 0.3) is 11.8 Å². The minimum atomic E-state index is -0.564. The maximum absolute atomic E-state index is 13.9. The first-order valence-electron chi connectivity index (χ1n) is 12.2. The Labute approximate surface area is 207 Å². The van der Waals surface area contributed by atoms with Gasteiger partial charge >= 0.3 is 0 Å². The zero-order valence-electron chi connectivity index (χ0n) is 20.9. The second kappa shape index (κ2) is 12.9. The number of carbonyl (C=O) groups is 2. The normalized spacial score (nSPS) is 13.7. The summed E-state index contributed by atoms with van der Waals surface area (Å²) >= 11 is 0. The molecule has 2 amide bonds. The van der Waals surface area contributed by atoms with Crippen molar-refractivity contribution in [2.24, 2.45) is 5.73 Å². The van der Waals surface area contributed by atoms with Gasteiger partial charge in [0, 0.05) is 24.2 Å². The summed E-state index contributed by atoms with van der Waals surface area (Å²) in [6, 6.07) is 11.0. The molecule has 2 aromatic rings. The highest BCUT2D eigenvalue weighted by atomic mass is 16.5. The van der Waals surface area contributed by atoms with Crippen LogP contribution in [0.5, 0.6) is 23.0 Å². The summed E-state index contributed by atoms with van der Waals surface area (Å²) in [5, 5.41) is 0. The first kappa shape index (κ1) is 26.2. The fourth-order valence-electron chi connectivity index (χ4n) is 4.40. The number of carbonyl (C=O) groups excluding carboxylic acids is 2. The molecule has 0 radical (unpaired) electrons. The Morgan fingerprint density at radius 2 is 1.57 bits per heavy atom. The van der Waals surface area contributed by atoms with Crippen molar-refractivity contribution in [3.63, 3.8) is 0 Å². The van der Waals surface area contributed by atoms with E-state index in [1.807, 2.05) is 36.9 Å². The monoisotopic (exact) mass is 484 g/mol. The molecular formula is C27H36N2O6. The van der Waals surface area contributed by atoms with Gasteiger partial charge in [0.15, 0.2) is 18.1 Å². The first-order chi connectivity index (χ1) is 16.9. The molecule has 0 aliphatic heterocycles. The van der Waals surface area contributed by atoms with Crippen LogP contribution in [-0.4, -0.2) is 49.7 Å². The molecule has 35 heavy (non-hydrogen) atoms. The fraction of sp³-hybridized carbons (Fsp3) is 0.481. The molecule has 0 spiro atoms. The van der Waals surface area contributed by atoms with E-state index in [9.17, 15) is 9.59 Å². The van der Waals surface area contributed by atoms with Crippen molar-refractivity contribution in [1.82, 2.24) is 4.90 Å². The topological polar surface area (TPSA) is 100 Å². The number of rotatable bonds is 12. The molecular weight excluding hydrogens is 448 g/mol. The number of nitrogens with zero attached hydrogens (tertiary/aromatic N) is 1. The smallest absolute Gasteiger partial charge is 0.255 e. The van der Waals surface area contributed by atoms with Crippen molar-refractivity contribution in [1.29, 1.82) is 0 Å². The molecule has 3 rings (SSSR count). The lowest BCUT2D eigenvalue weighted by atomic mass is 9.93. The number of amides is 2. The zero-order chi connectivity index (χ0) is 25.2. The lowest BCUT2D eigenvalue weighted by Gasteiger charge is -2.35. The van der Waals surface area contributed by atoms with Crippen molar-refractivity contribution in [2.75, 3.05) is 26.9 Å². The molecule has 2 aromatic carbocycles. The van der Waals surface area contributed by atoms with Gasteiger partial charge in [-0.3, -0.25) is 9.59 Å². The SMILES string of the molecule is CCOc1cc(OCC)cc(C(=O)N(Cc2ccc(OCC(N)=O)c(OC)c2)C2CCCCC2)c1. The molecule has 1 aliphatic carbocycles. The Morgan fingerprint density at radius 3 is 2.14 bits per heavy atom. The number of ether oxygens (including phenoxy) is 4. The van der Waals surface area contributed by atoms with E-state index in [0.717, 1.165) is 31.2 Å². The highest BCUT2D eigenvalue weighted by Crippen LogP contribution is 2.32. The number of methoxy groups -OCH3 is 1. The van der Waals surface area contributed by atoms with Gasteiger partial charge in [0.05, 0.1) is 20.3 Å². The van der Waals surface area contributed by atoms with Crippen molar-refractivity contribution in [3.8, 4) is 23.0 Å².